The Bertz CT molecular complexity index is 1210. The Morgan fingerprint density at radius 1 is 0.912 bits per heavy atom. The minimum atomic E-state index is -3.45. The monoisotopic (exact) mass is 479 g/mol. The third kappa shape index (κ3) is 5.83. The molecule has 3 aromatic carbocycles. The van der Waals surface area contributed by atoms with E-state index < -0.39 is 10.0 Å². The van der Waals surface area contributed by atoms with Crippen LogP contribution in [0.3, 0.4) is 0 Å². The molecular formula is C26H29N3O4S. The van der Waals surface area contributed by atoms with Gasteiger partial charge < -0.3 is 10.1 Å². The SMILES string of the molecule is CCOc1cccc(NC(=O)c2ccc(CN3CCN(S(=O)(=O)c4ccccc4)CC3)cc2)c1. The fourth-order valence-electron chi connectivity index (χ4n) is 3.92. The summed E-state index contributed by atoms with van der Waals surface area (Å²) in [6.45, 7) is 5.42. The van der Waals surface area contributed by atoms with Gasteiger partial charge in [0.15, 0.2) is 0 Å². The third-order valence-corrected chi connectivity index (χ3v) is 7.65. The van der Waals surface area contributed by atoms with Crippen LogP contribution in [0.2, 0.25) is 0 Å². The van der Waals surface area contributed by atoms with Crippen LogP contribution in [-0.2, 0) is 16.6 Å². The van der Waals surface area contributed by atoms with E-state index in [4.69, 9.17) is 4.74 Å². The number of carbonyl (C=O) groups excluding carboxylic acids is 1. The molecule has 1 aliphatic rings. The molecule has 0 spiro atoms. The van der Waals surface area contributed by atoms with E-state index in [0.717, 1.165) is 5.56 Å². The van der Waals surface area contributed by atoms with Crippen molar-refractivity contribution < 1.29 is 17.9 Å². The number of nitrogens with zero attached hydrogens (tertiary/aromatic N) is 2. The molecule has 178 valence electrons. The van der Waals surface area contributed by atoms with Gasteiger partial charge in [-0.2, -0.15) is 4.31 Å². The number of nitrogens with one attached hydrogen (secondary N) is 1. The van der Waals surface area contributed by atoms with Crippen molar-refractivity contribution >= 4 is 21.6 Å². The lowest BCUT2D eigenvalue weighted by molar-refractivity contribution is 0.102. The summed E-state index contributed by atoms with van der Waals surface area (Å²) >= 11 is 0. The highest BCUT2D eigenvalue weighted by Crippen LogP contribution is 2.20. The molecule has 0 saturated carbocycles. The molecule has 0 bridgehead atoms. The number of carbonyl (C=O) groups is 1. The molecule has 0 radical (unpaired) electrons. The summed E-state index contributed by atoms with van der Waals surface area (Å²) in [5.74, 6) is 0.534. The molecule has 1 aliphatic heterocycles. The van der Waals surface area contributed by atoms with Gasteiger partial charge in [-0.3, -0.25) is 9.69 Å². The molecule has 0 unspecified atom stereocenters. The quantitative estimate of drug-likeness (QED) is 0.531. The molecule has 3 aromatic rings. The van der Waals surface area contributed by atoms with Gasteiger partial charge in [0.1, 0.15) is 5.75 Å². The highest BCUT2D eigenvalue weighted by atomic mass is 32.2. The van der Waals surface area contributed by atoms with Crippen molar-refractivity contribution in [1.29, 1.82) is 0 Å². The van der Waals surface area contributed by atoms with Gasteiger partial charge in [-0.05, 0) is 48.9 Å². The number of piperazine rings is 1. The van der Waals surface area contributed by atoms with Gasteiger partial charge in [0.2, 0.25) is 10.0 Å². The van der Waals surface area contributed by atoms with Crippen LogP contribution >= 0.6 is 0 Å². The lowest BCUT2D eigenvalue weighted by Gasteiger charge is -2.34. The fraction of sp³-hybridized carbons (Fsp3) is 0.269. The van der Waals surface area contributed by atoms with Crippen LogP contribution in [0.25, 0.3) is 0 Å². The van der Waals surface area contributed by atoms with E-state index >= 15 is 0 Å². The lowest BCUT2D eigenvalue weighted by Crippen LogP contribution is -2.48. The number of hydrogen-bond donors (Lipinski definition) is 1. The van der Waals surface area contributed by atoms with E-state index in [2.05, 4.69) is 10.2 Å². The van der Waals surface area contributed by atoms with Crippen molar-refractivity contribution in [3.63, 3.8) is 0 Å². The molecule has 4 rings (SSSR count). The smallest absolute Gasteiger partial charge is 0.255 e. The van der Waals surface area contributed by atoms with Crippen molar-refractivity contribution in [2.45, 2.75) is 18.4 Å². The molecule has 1 N–H and O–H groups in total. The predicted octanol–water partition coefficient (Wildman–Crippen LogP) is 3.84. The van der Waals surface area contributed by atoms with Crippen molar-refractivity contribution in [2.24, 2.45) is 0 Å². The highest BCUT2D eigenvalue weighted by Gasteiger charge is 2.28. The summed E-state index contributed by atoms with van der Waals surface area (Å²) in [5, 5.41) is 2.90. The maximum absolute atomic E-state index is 12.8. The summed E-state index contributed by atoms with van der Waals surface area (Å²) in [4.78, 5) is 15.2. The van der Waals surface area contributed by atoms with Gasteiger partial charge in [-0.25, -0.2) is 8.42 Å². The average molecular weight is 480 g/mol. The Hall–Kier alpha value is -3.20. The molecule has 0 atom stereocenters. The van der Waals surface area contributed by atoms with Crippen molar-refractivity contribution in [3.8, 4) is 5.75 Å². The van der Waals surface area contributed by atoms with Gasteiger partial charge in [0.05, 0.1) is 11.5 Å². The second-order valence-electron chi connectivity index (χ2n) is 8.11. The maximum atomic E-state index is 12.8. The van der Waals surface area contributed by atoms with Gasteiger partial charge in [-0.1, -0.05) is 36.4 Å². The molecular weight excluding hydrogens is 450 g/mol. The first kappa shape index (κ1) is 23.9. The van der Waals surface area contributed by atoms with E-state index in [1.807, 2.05) is 55.5 Å². The lowest BCUT2D eigenvalue weighted by atomic mass is 10.1. The average Bonchev–Trinajstić information content (AvgIpc) is 2.86. The number of anilines is 1. The molecule has 8 heteroatoms. The van der Waals surface area contributed by atoms with Crippen molar-refractivity contribution in [1.82, 2.24) is 9.21 Å². The Balaban J connectivity index is 1.30. The first-order chi connectivity index (χ1) is 16.5. The molecule has 1 fully saturated rings. The Labute approximate surface area is 201 Å². The zero-order valence-electron chi connectivity index (χ0n) is 19.2. The van der Waals surface area contributed by atoms with E-state index in [9.17, 15) is 13.2 Å². The summed E-state index contributed by atoms with van der Waals surface area (Å²) in [5.41, 5.74) is 2.34. The van der Waals surface area contributed by atoms with Gasteiger partial charge in [-0.15, -0.1) is 0 Å². The number of sulfonamides is 1. The summed E-state index contributed by atoms with van der Waals surface area (Å²) < 4.78 is 32.6. The van der Waals surface area contributed by atoms with Crippen LogP contribution in [0.1, 0.15) is 22.8 Å². The molecule has 1 heterocycles. The standard InChI is InChI=1S/C26H29N3O4S/c1-2-33-24-8-6-7-23(19-24)27-26(30)22-13-11-21(12-14-22)20-28-15-17-29(18-16-28)34(31,32)25-9-4-3-5-10-25/h3-14,19H,2,15-18,20H2,1H3,(H,27,30). The maximum Gasteiger partial charge on any atom is 0.255 e. The van der Waals surface area contributed by atoms with Gasteiger partial charge in [0.25, 0.3) is 5.91 Å². The first-order valence-corrected chi connectivity index (χ1v) is 12.8. The topological polar surface area (TPSA) is 79.0 Å². The number of hydrogen-bond acceptors (Lipinski definition) is 5. The number of amides is 1. The van der Waals surface area contributed by atoms with Gasteiger partial charge in [0, 0.05) is 50.0 Å². The predicted molar refractivity (Wildman–Crippen MR) is 132 cm³/mol. The summed E-state index contributed by atoms with van der Waals surface area (Å²) in [6, 6.07) is 23.4. The second kappa shape index (κ2) is 10.8. The van der Waals surface area contributed by atoms with Crippen LogP contribution in [-0.4, -0.2) is 56.3 Å². The molecule has 7 nitrogen and oxygen atoms in total. The summed E-state index contributed by atoms with van der Waals surface area (Å²) in [6.07, 6.45) is 0. The van der Waals surface area contributed by atoms with Crippen LogP contribution in [0.5, 0.6) is 5.75 Å². The van der Waals surface area contributed by atoms with Crippen molar-refractivity contribution in [2.75, 3.05) is 38.1 Å². The molecule has 0 aliphatic carbocycles. The molecule has 1 saturated heterocycles. The first-order valence-electron chi connectivity index (χ1n) is 11.4. The van der Waals surface area contributed by atoms with Crippen LogP contribution < -0.4 is 10.1 Å². The van der Waals surface area contributed by atoms with Crippen molar-refractivity contribution in [3.05, 3.63) is 90.0 Å². The van der Waals surface area contributed by atoms with E-state index in [0.29, 0.717) is 61.2 Å². The highest BCUT2D eigenvalue weighted by molar-refractivity contribution is 7.89. The number of benzene rings is 3. The Kier molecular flexibility index (Phi) is 7.62. The van der Waals surface area contributed by atoms with E-state index in [1.54, 1.807) is 34.6 Å². The Morgan fingerprint density at radius 2 is 1.62 bits per heavy atom. The minimum absolute atomic E-state index is 0.181. The molecule has 0 aromatic heterocycles. The normalized spacial score (nSPS) is 15.1. The second-order valence-corrected chi connectivity index (χ2v) is 10.0. The largest absolute Gasteiger partial charge is 0.494 e. The number of rotatable bonds is 8. The van der Waals surface area contributed by atoms with Crippen LogP contribution in [0.4, 0.5) is 5.69 Å². The fourth-order valence-corrected chi connectivity index (χ4v) is 5.37. The minimum Gasteiger partial charge on any atom is -0.494 e. The summed E-state index contributed by atoms with van der Waals surface area (Å²) in [7, 11) is -3.45. The van der Waals surface area contributed by atoms with E-state index in [1.165, 1.54) is 0 Å². The Morgan fingerprint density at radius 3 is 2.29 bits per heavy atom. The molecule has 1 amide bonds. The van der Waals surface area contributed by atoms with Crippen LogP contribution in [0, 0.1) is 0 Å². The van der Waals surface area contributed by atoms with Gasteiger partial charge >= 0.3 is 0 Å². The number of ether oxygens (including phenoxy) is 1. The zero-order chi connectivity index (χ0) is 24.0. The van der Waals surface area contributed by atoms with Crippen LogP contribution in [0.15, 0.2) is 83.8 Å². The van der Waals surface area contributed by atoms with E-state index in [-0.39, 0.29) is 5.91 Å². The molecule has 34 heavy (non-hydrogen) atoms. The zero-order valence-corrected chi connectivity index (χ0v) is 20.0. The third-order valence-electron chi connectivity index (χ3n) is 5.74.